The van der Waals surface area contributed by atoms with Crippen molar-refractivity contribution in [2.75, 3.05) is 24.5 Å². The lowest BCUT2D eigenvalue weighted by Crippen LogP contribution is -2.37. The van der Waals surface area contributed by atoms with Crippen LogP contribution in [-0.2, 0) is 14.8 Å². The highest BCUT2D eigenvalue weighted by molar-refractivity contribution is 7.89. The van der Waals surface area contributed by atoms with Gasteiger partial charge < -0.3 is 24.8 Å². The van der Waals surface area contributed by atoms with Crippen molar-refractivity contribution in [1.82, 2.24) is 4.31 Å². The van der Waals surface area contributed by atoms with Crippen molar-refractivity contribution in [3.8, 4) is 28.7 Å². The number of hydrogen-bond donors (Lipinski definition) is 3. The van der Waals surface area contributed by atoms with E-state index in [1.54, 1.807) is 0 Å². The maximum absolute atomic E-state index is 13.3. The summed E-state index contributed by atoms with van der Waals surface area (Å²) < 4.78 is 38.9. The number of nitrogens with zero attached hydrogens (tertiary/aromatic N) is 2. The van der Waals surface area contributed by atoms with Crippen LogP contribution in [0, 0.1) is 0 Å². The Kier molecular flexibility index (Phi) is 9.49. The molecule has 0 saturated carbocycles. The van der Waals surface area contributed by atoms with Gasteiger partial charge in [0.15, 0.2) is 5.75 Å². The van der Waals surface area contributed by atoms with Gasteiger partial charge in [-0.15, -0.1) is 0 Å². The fraction of sp³-hybridized carbons (Fsp3) is 0.259. The zero-order valence-corrected chi connectivity index (χ0v) is 23.8. The standard InChI is InChI=1S/C27H26Cl2N2O9S/c28-21-13-17(31(16-25(34)35)27(36)40-19-7-5-18(32)6-8-19)14-22(29)26(21)39-20-9-10-23(33)24(15-20)41(37,38)30-11-3-1-2-4-12-30/h5-10,13-15,32-33H,1-4,11-12,16H2,(H,34,35). The molecule has 218 valence electrons. The zero-order chi connectivity index (χ0) is 29.7. The molecule has 0 aliphatic carbocycles. The van der Waals surface area contributed by atoms with Crippen LogP contribution in [0.1, 0.15) is 25.7 Å². The summed E-state index contributed by atoms with van der Waals surface area (Å²) in [5.74, 6) is -1.86. The number of ether oxygens (including phenoxy) is 2. The zero-order valence-electron chi connectivity index (χ0n) is 21.5. The topological polar surface area (TPSA) is 154 Å². The fourth-order valence-electron chi connectivity index (χ4n) is 4.17. The second-order valence-corrected chi connectivity index (χ2v) is 11.9. The first-order valence-electron chi connectivity index (χ1n) is 12.5. The quantitative estimate of drug-likeness (QED) is 0.280. The van der Waals surface area contributed by atoms with E-state index in [-0.39, 0.29) is 43.6 Å². The van der Waals surface area contributed by atoms with Crippen molar-refractivity contribution in [2.45, 2.75) is 30.6 Å². The number of aliphatic carboxylic acids is 1. The highest BCUT2D eigenvalue weighted by Gasteiger charge is 2.29. The SMILES string of the molecule is O=C(O)CN(C(=O)Oc1ccc(O)cc1)c1cc(Cl)c(Oc2ccc(O)c(S(=O)(=O)N3CCCCCC3)c2)c(Cl)c1. The van der Waals surface area contributed by atoms with Crippen LogP contribution < -0.4 is 14.4 Å². The molecule has 41 heavy (non-hydrogen) atoms. The molecule has 0 atom stereocenters. The minimum atomic E-state index is -4.01. The second kappa shape index (κ2) is 12.9. The first-order valence-corrected chi connectivity index (χ1v) is 14.7. The Labute approximate surface area is 246 Å². The van der Waals surface area contributed by atoms with Crippen LogP contribution in [0.5, 0.6) is 28.7 Å². The molecule has 3 aromatic rings. The molecule has 0 spiro atoms. The number of benzene rings is 3. The van der Waals surface area contributed by atoms with E-state index < -0.39 is 34.4 Å². The Morgan fingerprint density at radius 1 is 0.878 bits per heavy atom. The number of phenolic OH excluding ortho intramolecular Hbond substituents is 2. The molecule has 0 aromatic heterocycles. The van der Waals surface area contributed by atoms with Gasteiger partial charge in [0.25, 0.3) is 0 Å². The summed E-state index contributed by atoms with van der Waals surface area (Å²) >= 11 is 12.8. The van der Waals surface area contributed by atoms with Gasteiger partial charge >= 0.3 is 12.1 Å². The van der Waals surface area contributed by atoms with Crippen LogP contribution in [0.3, 0.4) is 0 Å². The van der Waals surface area contributed by atoms with Gasteiger partial charge in [-0.1, -0.05) is 36.0 Å². The Morgan fingerprint density at radius 2 is 1.46 bits per heavy atom. The Morgan fingerprint density at radius 3 is 2.05 bits per heavy atom. The molecule has 3 aromatic carbocycles. The summed E-state index contributed by atoms with van der Waals surface area (Å²) in [5.41, 5.74) is -0.0198. The van der Waals surface area contributed by atoms with Crippen LogP contribution in [-0.4, -0.2) is 59.7 Å². The van der Waals surface area contributed by atoms with Crippen molar-refractivity contribution < 1.29 is 42.8 Å². The Bertz CT molecular complexity index is 1520. The summed E-state index contributed by atoms with van der Waals surface area (Å²) in [7, 11) is -4.01. The highest BCUT2D eigenvalue weighted by atomic mass is 35.5. The summed E-state index contributed by atoms with van der Waals surface area (Å²) in [6.45, 7) is -0.110. The Hall–Kier alpha value is -3.71. The maximum Gasteiger partial charge on any atom is 0.420 e. The summed E-state index contributed by atoms with van der Waals surface area (Å²) in [5, 5.41) is 28.9. The van der Waals surface area contributed by atoms with Gasteiger partial charge in [0.05, 0.1) is 15.7 Å². The molecule has 3 N–H and O–H groups in total. The number of aromatic hydroxyl groups is 2. The van der Waals surface area contributed by atoms with Crippen LogP contribution in [0.15, 0.2) is 59.5 Å². The monoisotopic (exact) mass is 624 g/mol. The van der Waals surface area contributed by atoms with Gasteiger partial charge in [0.1, 0.15) is 34.4 Å². The average Bonchev–Trinajstić information content (AvgIpc) is 3.22. The number of carboxylic acid groups (broad SMARTS) is 1. The first kappa shape index (κ1) is 30.3. The first-order chi connectivity index (χ1) is 19.5. The van der Waals surface area contributed by atoms with Gasteiger partial charge in [-0.25, -0.2) is 13.2 Å². The number of phenols is 2. The van der Waals surface area contributed by atoms with E-state index >= 15 is 0 Å². The Balaban J connectivity index is 1.61. The number of sulfonamides is 1. The predicted octanol–water partition coefficient (Wildman–Crippen LogP) is 5.85. The smallest absolute Gasteiger partial charge is 0.420 e. The van der Waals surface area contributed by atoms with Crippen LogP contribution in [0.25, 0.3) is 0 Å². The number of rotatable bonds is 8. The number of amides is 1. The van der Waals surface area contributed by atoms with Crippen molar-refractivity contribution in [3.63, 3.8) is 0 Å². The number of halogens is 2. The molecule has 4 rings (SSSR count). The number of hydrogen-bond acceptors (Lipinski definition) is 8. The normalized spacial score (nSPS) is 14.2. The summed E-state index contributed by atoms with van der Waals surface area (Å²) in [6.07, 6.45) is 2.23. The van der Waals surface area contributed by atoms with E-state index in [0.29, 0.717) is 13.1 Å². The average molecular weight is 625 g/mol. The summed E-state index contributed by atoms with van der Waals surface area (Å²) in [6, 6.07) is 11.4. The van der Waals surface area contributed by atoms with E-state index in [0.717, 1.165) is 30.6 Å². The molecule has 1 fully saturated rings. The second-order valence-electron chi connectivity index (χ2n) is 9.13. The van der Waals surface area contributed by atoms with Gasteiger partial charge in [0, 0.05) is 19.2 Å². The molecule has 0 unspecified atom stereocenters. The molecule has 1 heterocycles. The van der Waals surface area contributed by atoms with Gasteiger partial charge in [-0.3, -0.25) is 9.69 Å². The molecule has 14 heteroatoms. The molecule has 11 nitrogen and oxygen atoms in total. The van der Waals surface area contributed by atoms with Crippen molar-refractivity contribution in [1.29, 1.82) is 0 Å². The van der Waals surface area contributed by atoms with E-state index in [1.807, 2.05) is 0 Å². The molecular formula is C27H26Cl2N2O9S. The lowest BCUT2D eigenvalue weighted by atomic mass is 10.2. The van der Waals surface area contributed by atoms with Crippen molar-refractivity contribution in [2.24, 2.45) is 0 Å². The number of carbonyl (C=O) groups excluding carboxylic acids is 1. The lowest BCUT2D eigenvalue weighted by molar-refractivity contribution is -0.135. The molecule has 1 amide bonds. The lowest BCUT2D eigenvalue weighted by Gasteiger charge is -2.22. The minimum Gasteiger partial charge on any atom is -0.508 e. The molecule has 1 aliphatic rings. The van der Waals surface area contributed by atoms with E-state index in [2.05, 4.69) is 0 Å². The van der Waals surface area contributed by atoms with Crippen LogP contribution >= 0.6 is 23.2 Å². The third kappa shape index (κ3) is 7.33. The summed E-state index contributed by atoms with van der Waals surface area (Å²) in [4.78, 5) is 24.8. The van der Waals surface area contributed by atoms with Crippen LogP contribution in [0.2, 0.25) is 10.0 Å². The number of anilines is 1. The maximum atomic E-state index is 13.3. The van der Waals surface area contributed by atoms with Gasteiger partial charge in [0.2, 0.25) is 10.0 Å². The predicted molar refractivity (Wildman–Crippen MR) is 151 cm³/mol. The van der Waals surface area contributed by atoms with E-state index in [9.17, 15) is 33.3 Å². The fourth-order valence-corrected chi connectivity index (χ4v) is 6.34. The molecular weight excluding hydrogens is 599 g/mol. The molecule has 0 radical (unpaired) electrons. The van der Waals surface area contributed by atoms with Crippen LogP contribution in [0.4, 0.5) is 10.5 Å². The number of carboxylic acids is 1. The van der Waals surface area contributed by atoms with E-state index in [4.69, 9.17) is 32.7 Å². The van der Waals surface area contributed by atoms with Crippen molar-refractivity contribution >= 4 is 51.0 Å². The molecule has 1 aliphatic heterocycles. The number of carbonyl (C=O) groups is 2. The highest BCUT2D eigenvalue weighted by Crippen LogP contribution is 2.41. The molecule has 1 saturated heterocycles. The van der Waals surface area contributed by atoms with Gasteiger partial charge in [-0.2, -0.15) is 4.31 Å². The molecule has 0 bridgehead atoms. The van der Waals surface area contributed by atoms with E-state index in [1.165, 1.54) is 58.9 Å². The largest absolute Gasteiger partial charge is 0.508 e. The van der Waals surface area contributed by atoms with Crippen molar-refractivity contribution in [3.05, 3.63) is 64.6 Å². The third-order valence-corrected chi connectivity index (χ3v) is 8.67. The van der Waals surface area contributed by atoms with Gasteiger partial charge in [-0.05, 0) is 61.4 Å². The third-order valence-electron chi connectivity index (χ3n) is 6.18. The minimum absolute atomic E-state index is 0.0156.